The third kappa shape index (κ3) is 0.342. The summed E-state index contributed by atoms with van der Waals surface area (Å²) in [5.74, 6) is 0.704. The minimum atomic E-state index is -0.481. The molecule has 1 fully saturated rings. The molecule has 1 rings (SSSR count). The van der Waals surface area contributed by atoms with Gasteiger partial charge in [-0.1, -0.05) is 13.8 Å². The maximum absolute atomic E-state index is 11.9. The van der Waals surface area contributed by atoms with Crippen molar-refractivity contribution in [3.05, 3.63) is 0 Å². The minimum Gasteiger partial charge on any atom is -0.247 e. The molecule has 1 unspecified atom stereocenters. The van der Waals surface area contributed by atoms with Gasteiger partial charge in [0.05, 0.1) is 0 Å². The van der Waals surface area contributed by atoms with Crippen LogP contribution in [-0.2, 0) is 0 Å². The summed E-state index contributed by atoms with van der Waals surface area (Å²) in [7, 11) is 0. The van der Waals surface area contributed by atoms with E-state index in [9.17, 15) is 4.39 Å². The van der Waals surface area contributed by atoms with E-state index < -0.39 is 6.17 Å². The first-order valence-corrected chi connectivity index (χ1v) is 2.37. The van der Waals surface area contributed by atoms with Gasteiger partial charge in [0.2, 0.25) is 0 Å². The molecule has 1 saturated carbocycles. The number of rotatable bonds is 0. The van der Waals surface area contributed by atoms with Gasteiger partial charge in [0.25, 0.3) is 0 Å². The zero-order valence-corrected chi connectivity index (χ0v) is 4.11. The summed E-state index contributed by atoms with van der Waals surface area (Å²) in [4.78, 5) is 0. The number of halogens is 1. The molecule has 0 aromatic carbocycles. The average Bonchev–Trinajstić information content (AvgIpc) is 1.94. The Hall–Kier alpha value is -0.0700. The molecule has 1 heteroatoms. The highest BCUT2D eigenvalue weighted by atomic mass is 19.1. The molecule has 0 amide bonds. The highest BCUT2D eigenvalue weighted by Crippen LogP contribution is 2.40. The lowest BCUT2D eigenvalue weighted by atomic mass is 10.4. The Morgan fingerprint density at radius 2 is 1.33 bits per heavy atom. The Morgan fingerprint density at radius 3 is 1.33 bits per heavy atom. The van der Waals surface area contributed by atoms with E-state index in [0.29, 0.717) is 11.8 Å². The lowest BCUT2D eigenvalue weighted by Crippen LogP contribution is -1.65. The molecule has 36 valence electrons. The van der Waals surface area contributed by atoms with Crippen molar-refractivity contribution in [2.24, 2.45) is 11.8 Å². The molecule has 1 aliphatic rings. The average molecular weight is 88.1 g/mol. The molecule has 3 atom stereocenters. The summed E-state index contributed by atoms with van der Waals surface area (Å²) in [5, 5.41) is 0. The van der Waals surface area contributed by atoms with E-state index in [4.69, 9.17) is 0 Å². The molecule has 0 saturated heterocycles. The van der Waals surface area contributed by atoms with Crippen LogP contribution in [0.15, 0.2) is 0 Å². The van der Waals surface area contributed by atoms with Crippen molar-refractivity contribution in [2.75, 3.05) is 0 Å². The lowest BCUT2D eigenvalue weighted by Gasteiger charge is -1.64. The minimum absolute atomic E-state index is 0.352. The van der Waals surface area contributed by atoms with Crippen LogP contribution in [0.2, 0.25) is 0 Å². The third-order valence-electron chi connectivity index (χ3n) is 1.69. The molecule has 0 spiro atoms. The Bertz CT molecular complexity index is 40.7. The molecule has 0 bridgehead atoms. The topological polar surface area (TPSA) is 0 Å². The number of hydrogen-bond acceptors (Lipinski definition) is 0. The Morgan fingerprint density at radius 1 is 1.17 bits per heavy atom. The molecule has 6 heavy (non-hydrogen) atoms. The van der Waals surface area contributed by atoms with Crippen molar-refractivity contribution >= 4 is 0 Å². The van der Waals surface area contributed by atoms with E-state index in [1.165, 1.54) is 0 Å². The lowest BCUT2D eigenvalue weighted by molar-refractivity contribution is 0.440. The SMILES string of the molecule is C[C@@H]1C(F)[C@@H]1C. The Balaban J connectivity index is 2.31. The van der Waals surface area contributed by atoms with Crippen LogP contribution in [0.1, 0.15) is 13.8 Å². The predicted molar refractivity (Wildman–Crippen MR) is 23.2 cm³/mol. The standard InChI is InChI=1S/C5H9F/c1-3-4(2)5(3)6/h3-5H,1-2H3/t3-,4+,5?. The molecule has 0 N–H and O–H groups in total. The van der Waals surface area contributed by atoms with Crippen molar-refractivity contribution in [3.63, 3.8) is 0 Å². The summed E-state index contributed by atoms with van der Waals surface area (Å²) in [6, 6.07) is 0. The van der Waals surface area contributed by atoms with Crippen molar-refractivity contribution in [3.8, 4) is 0 Å². The first-order chi connectivity index (χ1) is 2.73. The fraction of sp³-hybridized carbons (Fsp3) is 1.00. The number of hydrogen-bond donors (Lipinski definition) is 0. The molecule has 0 heterocycles. The van der Waals surface area contributed by atoms with Gasteiger partial charge in [-0.05, 0) is 11.8 Å². The van der Waals surface area contributed by atoms with Gasteiger partial charge in [-0.2, -0.15) is 0 Å². The van der Waals surface area contributed by atoms with E-state index in [-0.39, 0.29) is 0 Å². The van der Waals surface area contributed by atoms with Gasteiger partial charge in [-0.15, -0.1) is 0 Å². The number of alkyl halides is 1. The van der Waals surface area contributed by atoms with Crippen LogP contribution in [0.4, 0.5) is 4.39 Å². The Kier molecular flexibility index (Phi) is 0.652. The molecule has 0 aliphatic heterocycles. The predicted octanol–water partition coefficient (Wildman–Crippen LogP) is 1.61. The largest absolute Gasteiger partial charge is 0.247 e. The van der Waals surface area contributed by atoms with E-state index >= 15 is 0 Å². The van der Waals surface area contributed by atoms with Gasteiger partial charge in [-0.3, -0.25) is 0 Å². The second-order valence-corrected chi connectivity index (χ2v) is 2.16. The van der Waals surface area contributed by atoms with Crippen molar-refractivity contribution in [1.82, 2.24) is 0 Å². The van der Waals surface area contributed by atoms with Gasteiger partial charge in [0, 0.05) is 0 Å². The van der Waals surface area contributed by atoms with Crippen LogP contribution in [0, 0.1) is 11.8 Å². The van der Waals surface area contributed by atoms with E-state index in [0.717, 1.165) is 0 Å². The monoisotopic (exact) mass is 88.1 g/mol. The van der Waals surface area contributed by atoms with Crippen molar-refractivity contribution in [2.45, 2.75) is 20.0 Å². The van der Waals surface area contributed by atoms with Crippen molar-refractivity contribution in [1.29, 1.82) is 0 Å². The van der Waals surface area contributed by atoms with Gasteiger partial charge >= 0.3 is 0 Å². The third-order valence-corrected chi connectivity index (χ3v) is 1.69. The van der Waals surface area contributed by atoms with Gasteiger partial charge in [0.1, 0.15) is 6.17 Å². The highest BCUT2D eigenvalue weighted by Gasteiger charge is 2.43. The molecule has 0 radical (unpaired) electrons. The Labute approximate surface area is 37.4 Å². The molecule has 0 aromatic heterocycles. The maximum atomic E-state index is 11.9. The molecular weight excluding hydrogens is 79.1 g/mol. The van der Waals surface area contributed by atoms with E-state index in [2.05, 4.69) is 0 Å². The van der Waals surface area contributed by atoms with Crippen LogP contribution in [-0.4, -0.2) is 6.17 Å². The van der Waals surface area contributed by atoms with Crippen LogP contribution in [0.5, 0.6) is 0 Å². The normalized spacial score (nSPS) is 55.5. The van der Waals surface area contributed by atoms with E-state index in [1.807, 2.05) is 13.8 Å². The van der Waals surface area contributed by atoms with Crippen LogP contribution in [0.3, 0.4) is 0 Å². The summed E-state index contributed by atoms with van der Waals surface area (Å²) in [6.45, 7) is 3.88. The second-order valence-electron chi connectivity index (χ2n) is 2.16. The van der Waals surface area contributed by atoms with Crippen LogP contribution in [0.25, 0.3) is 0 Å². The molecule has 1 aliphatic carbocycles. The maximum Gasteiger partial charge on any atom is 0.106 e. The first kappa shape index (κ1) is 4.10. The quantitative estimate of drug-likeness (QED) is 0.422. The molecular formula is C5H9F. The van der Waals surface area contributed by atoms with E-state index in [1.54, 1.807) is 0 Å². The van der Waals surface area contributed by atoms with Crippen molar-refractivity contribution < 1.29 is 4.39 Å². The smallest absolute Gasteiger partial charge is 0.106 e. The summed E-state index contributed by atoms with van der Waals surface area (Å²) in [5.41, 5.74) is 0. The zero-order valence-electron chi connectivity index (χ0n) is 4.11. The second kappa shape index (κ2) is 0.955. The molecule has 0 nitrogen and oxygen atoms in total. The highest BCUT2D eigenvalue weighted by molar-refractivity contribution is 4.90. The summed E-state index contributed by atoms with van der Waals surface area (Å²) in [6.07, 6.45) is -0.481. The van der Waals surface area contributed by atoms with Gasteiger partial charge in [-0.25, -0.2) is 4.39 Å². The summed E-state index contributed by atoms with van der Waals surface area (Å²) >= 11 is 0. The van der Waals surface area contributed by atoms with Gasteiger partial charge < -0.3 is 0 Å². The summed E-state index contributed by atoms with van der Waals surface area (Å²) < 4.78 is 11.9. The first-order valence-electron chi connectivity index (χ1n) is 2.37. The molecule has 0 aromatic rings. The fourth-order valence-corrected chi connectivity index (χ4v) is 0.602. The fourth-order valence-electron chi connectivity index (χ4n) is 0.602. The van der Waals surface area contributed by atoms with Crippen LogP contribution >= 0.6 is 0 Å². The van der Waals surface area contributed by atoms with Crippen LogP contribution < -0.4 is 0 Å². The van der Waals surface area contributed by atoms with Gasteiger partial charge in [0.15, 0.2) is 0 Å². The zero-order chi connectivity index (χ0) is 4.73.